The highest BCUT2D eigenvalue weighted by Gasteiger charge is 2.31. The molecule has 9 heteroatoms. The average Bonchev–Trinajstić information content (AvgIpc) is 1.63. The molecule has 0 heterocycles. The van der Waals surface area contributed by atoms with Crippen molar-refractivity contribution in [3.63, 3.8) is 0 Å². The van der Waals surface area contributed by atoms with Crippen LogP contribution in [0.3, 0.4) is 0 Å². The van der Waals surface area contributed by atoms with E-state index in [1.54, 1.807) is 0 Å². The van der Waals surface area contributed by atoms with Gasteiger partial charge in [0.1, 0.15) is 0 Å². The molecule has 0 aromatic rings. The number of carbonyl (C=O) groups is 1. The minimum absolute atomic E-state index is 0.833. The second-order valence-electron chi connectivity index (χ2n) is 1.05. The van der Waals surface area contributed by atoms with Crippen molar-refractivity contribution in [1.29, 1.82) is 0 Å². The molecule has 0 aliphatic rings. The molecule has 0 aromatic heterocycles. The molecule has 10 heavy (non-hydrogen) atoms. The number of rotatable bonds is 1. The lowest BCUT2D eigenvalue weighted by Gasteiger charge is -1.96. The largest absolute Gasteiger partial charge is 0.703 e. The van der Waals surface area contributed by atoms with Crippen LogP contribution in [-0.2, 0) is 4.63 Å². The molecule has 0 aliphatic carbocycles. The SMILES string of the molecule is NC(N)=O.O[Si](O)(O)OF. The molecule has 0 fully saturated rings. The fourth-order valence-corrected chi connectivity index (χ4v) is 0. The highest BCUT2D eigenvalue weighted by atomic mass is 28.4. The van der Waals surface area contributed by atoms with E-state index >= 15 is 0 Å². The number of halogens is 1. The molecule has 62 valence electrons. The number of carbonyl (C=O) groups excluding carboxylic acids is 1. The number of nitrogens with two attached hydrogens (primary N) is 2. The predicted octanol–water partition coefficient (Wildman–Crippen LogP) is -2.68. The van der Waals surface area contributed by atoms with Crippen molar-refractivity contribution < 1.29 is 28.3 Å². The number of urea groups is 1. The Labute approximate surface area is 56.0 Å². The smallest absolute Gasteiger partial charge is 0.366 e. The van der Waals surface area contributed by atoms with Crippen molar-refractivity contribution in [2.75, 3.05) is 0 Å². The standard InChI is InChI=1S/CH4N2O.FH3O4Si/c2-1(3)4;1-5-6(2,3)4/h(H4,2,3,4);2-4H. The lowest BCUT2D eigenvalue weighted by atomic mass is 11.2. The van der Waals surface area contributed by atoms with E-state index in [9.17, 15) is 4.53 Å². The first-order chi connectivity index (χ1) is 4.29. The Bertz CT molecular complexity index is 98.3. The first-order valence-electron chi connectivity index (χ1n) is 1.81. The molecule has 0 saturated carbocycles. The quantitative estimate of drug-likeness (QED) is 0.276. The van der Waals surface area contributed by atoms with E-state index in [-0.39, 0.29) is 0 Å². The van der Waals surface area contributed by atoms with Crippen LogP contribution in [0.25, 0.3) is 0 Å². The number of hydrogen-bond donors (Lipinski definition) is 5. The third-order valence-corrected chi connectivity index (χ3v) is 0.311. The van der Waals surface area contributed by atoms with E-state index in [1.807, 2.05) is 0 Å². The van der Waals surface area contributed by atoms with Gasteiger partial charge in [-0.05, 0) is 0 Å². The van der Waals surface area contributed by atoms with Crippen LogP contribution in [-0.4, -0.2) is 29.5 Å². The maximum absolute atomic E-state index is 10.3. The number of primary amides is 2. The minimum atomic E-state index is -4.80. The van der Waals surface area contributed by atoms with Gasteiger partial charge in [-0.1, -0.05) is 4.53 Å². The fraction of sp³-hybridized carbons (Fsp3) is 0. The summed E-state index contributed by atoms with van der Waals surface area (Å²) >= 11 is 0. The molecule has 7 nitrogen and oxygen atoms in total. The molecule has 0 aromatic carbocycles. The Hall–Kier alpha value is -0.743. The summed E-state index contributed by atoms with van der Waals surface area (Å²) < 4.78 is 12.6. The Morgan fingerprint density at radius 1 is 1.40 bits per heavy atom. The summed E-state index contributed by atoms with van der Waals surface area (Å²) in [5, 5.41) is 0. The van der Waals surface area contributed by atoms with Gasteiger partial charge >= 0.3 is 15.1 Å². The first kappa shape index (κ1) is 12.0. The lowest BCUT2D eigenvalue weighted by molar-refractivity contribution is -0.111. The number of hydrogen-bond acceptors (Lipinski definition) is 5. The Kier molecular flexibility index (Phi) is 6.08. The van der Waals surface area contributed by atoms with Crippen LogP contribution in [0.5, 0.6) is 0 Å². The van der Waals surface area contributed by atoms with Gasteiger partial charge in [-0.25, -0.2) is 4.79 Å². The molecule has 7 N–H and O–H groups in total. The summed E-state index contributed by atoms with van der Waals surface area (Å²) in [5.74, 6) is 0. The van der Waals surface area contributed by atoms with Gasteiger partial charge in [0.05, 0.1) is 0 Å². The second kappa shape index (κ2) is 5.07. The van der Waals surface area contributed by atoms with Crippen molar-refractivity contribution in [3.05, 3.63) is 0 Å². The fourth-order valence-electron chi connectivity index (χ4n) is 0. The maximum atomic E-state index is 10.3. The van der Waals surface area contributed by atoms with E-state index in [0.717, 1.165) is 0 Å². The van der Waals surface area contributed by atoms with Crippen LogP contribution in [0, 0.1) is 0 Å². The highest BCUT2D eigenvalue weighted by Crippen LogP contribution is 1.85. The summed E-state index contributed by atoms with van der Waals surface area (Å²) in [5.41, 5.74) is 8.50. The minimum Gasteiger partial charge on any atom is -0.366 e. The molecule has 0 radical (unpaired) electrons. The first-order valence-corrected chi connectivity index (χ1v) is 3.56. The van der Waals surface area contributed by atoms with Crippen LogP contribution in [0.15, 0.2) is 0 Å². The van der Waals surface area contributed by atoms with Crippen molar-refractivity contribution in [2.24, 2.45) is 11.5 Å². The summed E-state index contributed by atoms with van der Waals surface area (Å²) in [6.07, 6.45) is 0. The van der Waals surface area contributed by atoms with E-state index in [0.29, 0.717) is 0 Å². The van der Waals surface area contributed by atoms with Crippen molar-refractivity contribution in [1.82, 2.24) is 0 Å². The van der Waals surface area contributed by atoms with Gasteiger partial charge in [-0.2, -0.15) is 4.63 Å². The van der Waals surface area contributed by atoms with Gasteiger partial charge in [-0.15, -0.1) is 0 Å². The van der Waals surface area contributed by atoms with E-state index in [1.165, 1.54) is 0 Å². The lowest BCUT2D eigenvalue weighted by Crippen LogP contribution is -2.35. The third kappa shape index (κ3) is 55.8. The van der Waals surface area contributed by atoms with Crippen molar-refractivity contribution >= 4 is 15.1 Å². The Morgan fingerprint density at radius 3 is 1.50 bits per heavy atom. The van der Waals surface area contributed by atoms with E-state index < -0.39 is 15.1 Å². The zero-order valence-corrected chi connectivity index (χ0v) is 5.69. The molecule has 2 amide bonds. The van der Waals surface area contributed by atoms with Gasteiger partial charge in [0.2, 0.25) is 0 Å². The molecular weight excluding hydrogens is 167 g/mol. The average molecular weight is 174 g/mol. The van der Waals surface area contributed by atoms with Gasteiger partial charge in [0, 0.05) is 0 Å². The van der Waals surface area contributed by atoms with Crippen LogP contribution >= 0.6 is 0 Å². The highest BCUT2D eigenvalue weighted by molar-refractivity contribution is 6.48. The molecule has 0 atom stereocenters. The van der Waals surface area contributed by atoms with Gasteiger partial charge in [0.15, 0.2) is 0 Å². The topological polar surface area (TPSA) is 139 Å². The molecule has 0 saturated heterocycles. The molecule has 0 rings (SSSR count). The van der Waals surface area contributed by atoms with Crippen LogP contribution in [0.1, 0.15) is 0 Å². The second-order valence-corrected chi connectivity index (χ2v) is 2.36. The zero-order valence-electron chi connectivity index (χ0n) is 4.69. The molecule has 0 aliphatic heterocycles. The summed E-state index contributed by atoms with van der Waals surface area (Å²) in [7, 11) is -4.80. The normalized spacial score (nSPS) is 9.60. The Balaban J connectivity index is 0. The molecule has 0 bridgehead atoms. The van der Waals surface area contributed by atoms with Crippen LogP contribution < -0.4 is 11.5 Å². The summed E-state index contributed by atoms with van der Waals surface area (Å²) in [6.45, 7) is 0. The molecule has 0 unspecified atom stereocenters. The monoisotopic (exact) mass is 174 g/mol. The van der Waals surface area contributed by atoms with E-state index in [2.05, 4.69) is 16.1 Å². The van der Waals surface area contributed by atoms with Gasteiger partial charge < -0.3 is 25.9 Å². The number of amides is 2. The van der Waals surface area contributed by atoms with Crippen molar-refractivity contribution in [3.8, 4) is 0 Å². The van der Waals surface area contributed by atoms with Crippen LogP contribution in [0.4, 0.5) is 9.32 Å². The molecular formula is CH7FN2O5Si. The van der Waals surface area contributed by atoms with Gasteiger partial charge in [-0.3, -0.25) is 0 Å². The van der Waals surface area contributed by atoms with Crippen LogP contribution in [0.2, 0.25) is 0 Å². The Morgan fingerprint density at radius 2 is 1.50 bits per heavy atom. The zero-order chi connectivity index (χ0) is 8.78. The maximum Gasteiger partial charge on any atom is 0.703 e. The summed E-state index contributed by atoms with van der Waals surface area (Å²) in [4.78, 5) is 31.4. The van der Waals surface area contributed by atoms with Crippen molar-refractivity contribution in [2.45, 2.75) is 0 Å². The summed E-state index contributed by atoms with van der Waals surface area (Å²) in [6, 6.07) is -0.833. The third-order valence-electron chi connectivity index (χ3n) is 0.104. The predicted molar refractivity (Wildman–Crippen MR) is 28.4 cm³/mol. The van der Waals surface area contributed by atoms with E-state index in [4.69, 9.17) is 19.2 Å². The molecule has 0 spiro atoms. The van der Waals surface area contributed by atoms with Gasteiger partial charge in [0.25, 0.3) is 0 Å².